The summed E-state index contributed by atoms with van der Waals surface area (Å²) in [4.78, 5) is 17.5. The van der Waals surface area contributed by atoms with Gasteiger partial charge < -0.3 is 10.2 Å². The predicted molar refractivity (Wildman–Crippen MR) is 98.9 cm³/mol. The van der Waals surface area contributed by atoms with Gasteiger partial charge in [0.05, 0.1) is 23.2 Å². The Morgan fingerprint density at radius 3 is 2.57 bits per heavy atom. The molecule has 3 heterocycles. The molecular weight excluding hydrogens is 454 g/mol. The van der Waals surface area contributed by atoms with Gasteiger partial charge in [0.15, 0.2) is 0 Å². The zero-order chi connectivity index (χ0) is 19.1. The van der Waals surface area contributed by atoms with Crippen molar-refractivity contribution in [2.75, 3.05) is 24.5 Å². The number of anilines is 1. The fourth-order valence-corrected chi connectivity index (χ4v) is 3.38. The van der Waals surface area contributed by atoms with Gasteiger partial charge in [0.2, 0.25) is 5.91 Å². The van der Waals surface area contributed by atoms with Crippen LogP contribution in [0.4, 0.5) is 27.8 Å². The second-order valence-electron chi connectivity index (χ2n) is 6.46. The van der Waals surface area contributed by atoms with Crippen LogP contribution in [-0.2, 0) is 11.0 Å². The van der Waals surface area contributed by atoms with Gasteiger partial charge in [0, 0.05) is 31.7 Å². The van der Waals surface area contributed by atoms with Gasteiger partial charge in [-0.3, -0.25) is 10.1 Å². The first-order valence-corrected chi connectivity index (χ1v) is 8.32. The van der Waals surface area contributed by atoms with Gasteiger partial charge in [-0.05, 0) is 12.5 Å². The Labute approximate surface area is 175 Å². The molecule has 5 nitrogen and oxygen atoms in total. The second-order valence-corrected chi connectivity index (χ2v) is 6.87. The standard InChI is InChI=1S/C15H16ClF5N4O.2ClH/c16-10-3-8(15(19,20)21)5-22-12(10)25-2-1-9(6-25)24-13(26)11-4-14(17,18)7-23-11;;/h3,5,9,11,23H,1-2,4,6-7H2,(H,24,26);2*1H. The molecule has 160 valence electrons. The summed E-state index contributed by atoms with van der Waals surface area (Å²) in [7, 11) is 0. The van der Waals surface area contributed by atoms with E-state index in [1.54, 1.807) is 4.90 Å². The monoisotopic (exact) mass is 470 g/mol. The minimum atomic E-state index is -4.53. The fourth-order valence-electron chi connectivity index (χ4n) is 3.09. The number of carbonyl (C=O) groups excluding carboxylic acids is 1. The van der Waals surface area contributed by atoms with Crippen LogP contribution >= 0.6 is 36.4 Å². The SMILES string of the molecule is Cl.Cl.O=C(NC1CCN(c2ncc(C(F)(F)F)cc2Cl)C1)C1CC(F)(F)CN1. The number of hydrogen-bond donors (Lipinski definition) is 2. The molecule has 2 atom stereocenters. The van der Waals surface area contributed by atoms with Crippen molar-refractivity contribution < 1.29 is 26.7 Å². The Hall–Kier alpha value is -1.10. The molecule has 2 fully saturated rings. The highest BCUT2D eigenvalue weighted by Crippen LogP contribution is 2.34. The first-order chi connectivity index (χ1) is 12.0. The van der Waals surface area contributed by atoms with E-state index in [1.165, 1.54) is 0 Å². The number of halogens is 8. The lowest BCUT2D eigenvalue weighted by molar-refractivity contribution is -0.137. The molecule has 2 aliphatic rings. The number of carbonyl (C=O) groups is 1. The highest BCUT2D eigenvalue weighted by molar-refractivity contribution is 6.33. The number of amides is 1. The van der Waals surface area contributed by atoms with Crippen molar-refractivity contribution in [3.8, 4) is 0 Å². The first kappa shape index (κ1) is 24.9. The average molecular weight is 472 g/mol. The van der Waals surface area contributed by atoms with Crippen LogP contribution in [0.1, 0.15) is 18.4 Å². The van der Waals surface area contributed by atoms with Crippen LogP contribution in [-0.4, -0.2) is 48.5 Å². The van der Waals surface area contributed by atoms with Crippen LogP contribution < -0.4 is 15.5 Å². The Balaban J connectivity index is 0.00000196. The van der Waals surface area contributed by atoms with Gasteiger partial charge in [-0.2, -0.15) is 13.2 Å². The molecule has 2 aliphatic heterocycles. The maximum Gasteiger partial charge on any atom is 0.417 e. The minimum Gasteiger partial charge on any atom is -0.353 e. The summed E-state index contributed by atoms with van der Waals surface area (Å²) in [6.45, 7) is 0.178. The predicted octanol–water partition coefficient (Wildman–Crippen LogP) is 3.29. The van der Waals surface area contributed by atoms with E-state index in [0.717, 1.165) is 6.07 Å². The molecular formula is C15H18Cl3F5N4O. The lowest BCUT2D eigenvalue weighted by Crippen LogP contribution is -2.46. The molecule has 13 heteroatoms. The van der Waals surface area contributed by atoms with Crippen molar-refractivity contribution in [3.63, 3.8) is 0 Å². The lowest BCUT2D eigenvalue weighted by atomic mass is 10.1. The van der Waals surface area contributed by atoms with E-state index >= 15 is 0 Å². The van der Waals surface area contributed by atoms with Crippen LogP contribution in [0, 0.1) is 0 Å². The maximum atomic E-state index is 13.2. The topological polar surface area (TPSA) is 57.3 Å². The molecule has 0 aliphatic carbocycles. The number of alkyl halides is 5. The third kappa shape index (κ3) is 5.71. The van der Waals surface area contributed by atoms with Crippen molar-refractivity contribution in [3.05, 3.63) is 22.8 Å². The summed E-state index contributed by atoms with van der Waals surface area (Å²) in [6, 6.07) is -0.467. The summed E-state index contributed by atoms with van der Waals surface area (Å²) in [5, 5.41) is 5.03. The van der Waals surface area contributed by atoms with E-state index in [2.05, 4.69) is 15.6 Å². The summed E-state index contributed by atoms with van der Waals surface area (Å²) in [5.74, 6) is -3.22. The van der Waals surface area contributed by atoms with Crippen LogP contribution in [0.5, 0.6) is 0 Å². The summed E-state index contributed by atoms with van der Waals surface area (Å²) in [5.41, 5.74) is -0.941. The van der Waals surface area contributed by atoms with Crippen LogP contribution in [0.2, 0.25) is 5.02 Å². The van der Waals surface area contributed by atoms with Gasteiger partial charge in [-0.25, -0.2) is 13.8 Å². The highest BCUT2D eigenvalue weighted by Gasteiger charge is 2.43. The highest BCUT2D eigenvalue weighted by atomic mass is 35.5. The lowest BCUT2D eigenvalue weighted by Gasteiger charge is -2.20. The van der Waals surface area contributed by atoms with Gasteiger partial charge >= 0.3 is 6.18 Å². The number of nitrogens with zero attached hydrogens (tertiary/aromatic N) is 2. The normalized spacial score (nSPS) is 23.7. The Kier molecular flexibility index (Phi) is 8.15. The molecule has 0 spiro atoms. The summed E-state index contributed by atoms with van der Waals surface area (Å²) in [6.07, 6.45) is -3.87. The van der Waals surface area contributed by atoms with Crippen molar-refractivity contribution >= 4 is 48.1 Å². The van der Waals surface area contributed by atoms with Crippen molar-refractivity contribution in [2.45, 2.75) is 37.0 Å². The van der Waals surface area contributed by atoms with Gasteiger partial charge in [-0.1, -0.05) is 11.6 Å². The number of hydrogen-bond acceptors (Lipinski definition) is 4. The summed E-state index contributed by atoms with van der Waals surface area (Å²) < 4.78 is 64.3. The third-order valence-electron chi connectivity index (χ3n) is 4.41. The van der Waals surface area contributed by atoms with Gasteiger partial charge in [0.25, 0.3) is 5.92 Å². The smallest absolute Gasteiger partial charge is 0.353 e. The molecule has 2 unspecified atom stereocenters. The van der Waals surface area contributed by atoms with Gasteiger partial charge in [0.1, 0.15) is 5.82 Å². The molecule has 1 amide bonds. The van der Waals surface area contributed by atoms with Crippen LogP contribution in [0.15, 0.2) is 12.3 Å². The van der Waals surface area contributed by atoms with Crippen LogP contribution in [0.3, 0.4) is 0 Å². The molecule has 28 heavy (non-hydrogen) atoms. The number of pyridine rings is 1. The van der Waals surface area contributed by atoms with Crippen molar-refractivity contribution in [2.24, 2.45) is 0 Å². The van der Waals surface area contributed by atoms with E-state index < -0.39 is 42.6 Å². The summed E-state index contributed by atoms with van der Waals surface area (Å²) >= 11 is 5.92. The maximum absolute atomic E-state index is 13.2. The molecule has 2 saturated heterocycles. The van der Waals surface area contributed by atoms with Gasteiger partial charge in [-0.15, -0.1) is 24.8 Å². The Morgan fingerprint density at radius 1 is 1.36 bits per heavy atom. The quantitative estimate of drug-likeness (QED) is 0.665. The largest absolute Gasteiger partial charge is 0.417 e. The minimum absolute atomic E-state index is 0. The molecule has 3 rings (SSSR count). The zero-order valence-electron chi connectivity index (χ0n) is 14.2. The molecule has 0 bridgehead atoms. The number of aromatic nitrogens is 1. The molecule has 0 aromatic carbocycles. The Bertz CT molecular complexity index is 707. The van der Waals surface area contributed by atoms with E-state index in [1.807, 2.05) is 0 Å². The molecule has 0 saturated carbocycles. The van der Waals surface area contributed by atoms with E-state index in [9.17, 15) is 26.7 Å². The fraction of sp³-hybridized carbons (Fsp3) is 0.600. The molecule has 0 radical (unpaired) electrons. The van der Waals surface area contributed by atoms with E-state index in [0.29, 0.717) is 19.2 Å². The molecule has 2 N–H and O–H groups in total. The first-order valence-electron chi connectivity index (χ1n) is 7.94. The average Bonchev–Trinajstić information content (AvgIpc) is 3.12. The van der Waals surface area contributed by atoms with E-state index in [4.69, 9.17) is 11.6 Å². The molecule has 1 aromatic heterocycles. The number of rotatable bonds is 3. The van der Waals surface area contributed by atoms with E-state index in [-0.39, 0.29) is 48.2 Å². The second kappa shape index (κ2) is 9.15. The van der Waals surface area contributed by atoms with Crippen molar-refractivity contribution in [1.82, 2.24) is 15.6 Å². The number of nitrogens with one attached hydrogen (secondary N) is 2. The molecule has 1 aromatic rings. The zero-order valence-corrected chi connectivity index (χ0v) is 16.6. The Morgan fingerprint density at radius 2 is 2.04 bits per heavy atom. The van der Waals surface area contributed by atoms with Crippen LogP contribution in [0.25, 0.3) is 0 Å². The third-order valence-corrected chi connectivity index (χ3v) is 4.69. The van der Waals surface area contributed by atoms with Crippen molar-refractivity contribution in [1.29, 1.82) is 0 Å².